The minimum Gasteiger partial charge on any atom is -0.487 e. The summed E-state index contributed by atoms with van der Waals surface area (Å²) in [5.41, 5.74) is 0.150. The van der Waals surface area contributed by atoms with Gasteiger partial charge in [0.15, 0.2) is 0 Å². The van der Waals surface area contributed by atoms with Crippen LogP contribution in [0.1, 0.15) is 32.0 Å². The van der Waals surface area contributed by atoms with Gasteiger partial charge in [0.25, 0.3) is 0 Å². The first-order chi connectivity index (χ1) is 10.0. The Bertz CT molecular complexity index is 642. The third-order valence-corrected chi connectivity index (χ3v) is 3.21. The average Bonchev–Trinajstić information content (AvgIpc) is 2.92. The predicted octanol–water partition coefficient (Wildman–Crippen LogP) is 3.48. The van der Waals surface area contributed by atoms with Gasteiger partial charge >= 0.3 is 5.69 Å². The lowest BCUT2D eigenvalue weighted by molar-refractivity contribution is -0.387. The summed E-state index contributed by atoms with van der Waals surface area (Å²) in [6, 6.07) is 5.59. The molecular formula is C14H16FN3O3. The Balaban J connectivity index is 2.01. The van der Waals surface area contributed by atoms with E-state index < -0.39 is 16.4 Å². The van der Waals surface area contributed by atoms with Gasteiger partial charge in [-0.15, -0.1) is 0 Å². The first-order valence-corrected chi connectivity index (χ1v) is 6.62. The van der Waals surface area contributed by atoms with Gasteiger partial charge < -0.3 is 4.74 Å². The highest BCUT2D eigenvalue weighted by molar-refractivity contribution is 5.37. The van der Waals surface area contributed by atoms with Crippen LogP contribution in [0.25, 0.3) is 0 Å². The number of nitro groups is 1. The van der Waals surface area contributed by atoms with Crippen LogP contribution in [-0.4, -0.2) is 14.7 Å². The van der Waals surface area contributed by atoms with E-state index in [1.165, 1.54) is 6.07 Å². The van der Waals surface area contributed by atoms with E-state index in [9.17, 15) is 14.5 Å². The van der Waals surface area contributed by atoms with E-state index in [1.54, 1.807) is 0 Å². The Morgan fingerprint density at radius 1 is 1.48 bits per heavy atom. The maximum Gasteiger partial charge on any atom is 0.305 e. The quantitative estimate of drug-likeness (QED) is 0.604. The molecule has 1 atom stereocenters. The number of ether oxygens (including phenoxy) is 1. The number of hydrogen-bond donors (Lipinski definition) is 0. The molecule has 0 N–H and O–H groups in total. The smallest absolute Gasteiger partial charge is 0.305 e. The molecule has 0 aliphatic rings. The van der Waals surface area contributed by atoms with E-state index in [1.807, 2.05) is 16.9 Å². The summed E-state index contributed by atoms with van der Waals surface area (Å²) in [5.74, 6) is -0.682. The number of benzene rings is 1. The maximum absolute atomic E-state index is 13.4. The molecule has 0 saturated carbocycles. The molecule has 0 aliphatic carbocycles. The van der Waals surface area contributed by atoms with Gasteiger partial charge in [0.2, 0.25) is 5.82 Å². The Labute approximate surface area is 121 Å². The summed E-state index contributed by atoms with van der Waals surface area (Å²) >= 11 is 0. The van der Waals surface area contributed by atoms with Crippen LogP contribution < -0.4 is 4.74 Å². The second-order valence-corrected chi connectivity index (χ2v) is 4.70. The summed E-state index contributed by atoms with van der Waals surface area (Å²) in [6.07, 6.45) is 2.83. The molecule has 2 rings (SSSR count). The second kappa shape index (κ2) is 6.34. The lowest BCUT2D eigenvalue weighted by Crippen LogP contribution is -2.05. The number of halogens is 1. The fraction of sp³-hybridized carbons (Fsp3) is 0.357. The van der Waals surface area contributed by atoms with Crippen molar-refractivity contribution >= 4 is 5.69 Å². The first-order valence-electron chi connectivity index (χ1n) is 6.62. The van der Waals surface area contributed by atoms with Crippen LogP contribution in [-0.2, 0) is 6.61 Å². The molecule has 112 valence electrons. The highest BCUT2D eigenvalue weighted by Crippen LogP contribution is 2.23. The molecule has 7 heteroatoms. The predicted molar refractivity (Wildman–Crippen MR) is 74.6 cm³/mol. The minimum absolute atomic E-state index is 0.181. The molecule has 2 aromatic rings. The molecule has 1 heterocycles. The molecular weight excluding hydrogens is 277 g/mol. The molecule has 0 radical (unpaired) electrons. The Kier molecular flexibility index (Phi) is 4.52. The molecule has 1 aromatic carbocycles. The van der Waals surface area contributed by atoms with Crippen LogP contribution in [0.15, 0.2) is 30.5 Å². The Morgan fingerprint density at radius 3 is 2.86 bits per heavy atom. The van der Waals surface area contributed by atoms with Crippen LogP contribution in [0.2, 0.25) is 0 Å². The minimum atomic E-state index is -0.914. The van der Waals surface area contributed by atoms with Crippen molar-refractivity contribution < 1.29 is 14.1 Å². The van der Waals surface area contributed by atoms with E-state index in [4.69, 9.17) is 4.74 Å². The lowest BCUT2D eigenvalue weighted by atomic mass is 10.3. The van der Waals surface area contributed by atoms with Gasteiger partial charge in [-0.2, -0.15) is 9.49 Å². The van der Waals surface area contributed by atoms with Crippen molar-refractivity contribution in [1.82, 2.24) is 9.78 Å². The molecule has 0 saturated heterocycles. The zero-order chi connectivity index (χ0) is 15.4. The molecule has 1 unspecified atom stereocenters. The maximum atomic E-state index is 13.4. The summed E-state index contributed by atoms with van der Waals surface area (Å²) < 4.78 is 20.7. The van der Waals surface area contributed by atoms with E-state index in [2.05, 4.69) is 18.9 Å². The largest absolute Gasteiger partial charge is 0.487 e. The van der Waals surface area contributed by atoms with Crippen LogP contribution in [0.4, 0.5) is 10.1 Å². The van der Waals surface area contributed by atoms with Crippen molar-refractivity contribution in [3.63, 3.8) is 0 Å². The molecule has 0 fully saturated rings. The zero-order valence-electron chi connectivity index (χ0n) is 11.8. The molecule has 0 spiro atoms. The Hall–Kier alpha value is -2.44. The van der Waals surface area contributed by atoms with Gasteiger partial charge in [-0.25, -0.2) is 0 Å². The number of aromatic nitrogens is 2. The second-order valence-electron chi connectivity index (χ2n) is 4.70. The fourth-order valence-electron chi connectivity index (χ4n) is 1.77. The molecule has 0 bridgehead atoms. The third-order valence-electron chi connectivity index (χ3n) is 3.21. The third kappa shape index (κ3) is 3.56. The number of nitrogens with zero attached hydrogens (tertiary/aromatic N) is 3. The first kappa shape index (κ1) is 15.0. The number of rotatable bonds is 6. The van der Waals surface area contributed by atoms with Gasteiger partial charge in [0.05, 0.1) is 10.6 Å². The topological polar surface area (TPSA) is 70.2 Å². The highest BCUT2D eigenvalue weighted by atomic mass is 19.1. The zero-order valence-corrected chi connectivity index (χ0v) is 11.8. The van der Waals surface area contributed by atoms with Crippen molar-refractivity contribution in [3.8, 4) is 5.75 Å². The summed E-state index contributed by atoms with van der Waals surface area (Å²) in [5, 5.41) is 14.9. The molecule has 1 aromatic heterocycles. The van der Waals surface area contributed by atoms with Crippen molar-refractivity contribution in [2.24, 2.45) is 0 Å². The number of hydrogen-bond acceptors (Lipinski definition) is 4. The van der Waals surface area contributed by atoms with E-state index in [-0.39, 0.29) is 12.4 Å². The van der Waals surface area contributed by atoms with Crippen LogP contribution >= 0.6 is 0 Å². The van der Waals surface area contributed by atoms with Crippen molar-refractivity contribution in [2.75, 3.05) is 0 Å². The standard InChI is InChI=1S/C14H16FN3O3/c1-3-10(2)17-7-6-11(16-17)9-21-12-4-5-14(18(19)20)13(15)8-12/h4-8,10H,3,9H2,1-2H3. The molecule has 0 amide bonds. The SMILES string of the molecule is CCC(C)n1ccc(COc2ccc([N+](=O)[O-])c(F)c2)n1. The summed E-state index contributed by atoms with van der Waals surface area (Å²) in [6.45, 7) is 4.31. The number of nitro benzene ring substituents is 1. The molecule has 21 heavy (non-hydrogen) atoms. The van der Waals surface area contributed by atoms with Crippen LogP contribution in [0.5, 0.6) is 5.75 Å². The van der Waals surface area contributed by atoms with Gasteiger partial charge in [0.1, 0.15) is 12.4 Å². The van der Waals surface area contributed by atoms with Gasteiger partial charge in [-0.3, -0.25) is 14.8 Å². The lowest BCUT2D eigenvalue weighted by Gasteiger charge is -2.08. The monoisotopic (exact) mass is 293 g/mol. The van der Waals surface area contributed by atoms with Crippen LogP contribution in [0, 0.1) is 15.9 Å². The van der Waals surface area contributed by atoms with E-state index >= 15 is 0 Å². The average molecular weight is 293 g/mol. The van der Waals surface area contributed by atoms with Gasteiger partial charge in [0, 0.05) is 24.4 Å². The van der Waals surface area contributed by atoms with Crippen molar-refractivity contribution in [2.45, 2.75) is 32.9 Å². The van der Waals surface area contributed by atoms with Crippen LogP contribution in [0.3, 0.4) is 0 Å². The normalized spacial score (nSPS) is 12.1. The van der Waals surface area contributed by atoms with E-state index in [0.29, 0.717) is 11.7 Å². The molecule has 6 nitrogen and oxygen atoms in total. The summed E-state index contributed by atoms with van der Waals surface area (Å²) in [4.78, 5) is 9.75. The van der Waals surface area contributed by atoms with Gasteiger partial charge in [-0.1, -0.05) is 6.92 Å². The fourth-order valence-corrected chi connectivity index (χ4v) is 1.77. The molecule has 0 aliphatic heterocycles. The van der Waals surface area contributed by atoms with Crippen molar-refractivity contribution in [3.05, 3.63) is 52.1 Å². The Morgan fingerprint density at radius 2 is 2.24 bits per heavy atom. The van der Waals surface area contributed by atoms with Crippen molar-refractivity contribution in [1.29, 1.82) is 0 Å². The van der Waals surface area contributed by atoms with E-state index in [0.717, 1.165) is 18.6 Å². The van der Waals surface area contributed by atoms with Gasteiger partial charge in [-0.05, 0) is 25.5 Å². The summed E-state index contributed by atoms with van der Waals surface area (Å²) in [7, 11) is 0. The highest BCUT2D eigenvalue weighted by Gasteiger charge is 2.14.